The van der Waals surface area contributed by atoms with Crippen molar-refractivity contribution >= 4 is 17.6 Å². The highest BCUT2D eigenvalue weighted by Gasteiger charge is 2.25. The van der Waals surface area contributed by atoms with Crippen molar-refractivity contribution in [1.82, 2.24) is 15.6 Å². The average Bonchev–Trinajstić information content (AvgIpc) is 2.51. The lowest BCUT2D eigenvalue weighted by Gasteiger charge is -2.31. The predicted molar refractivity (Wildman–Crippen MR) is 84.2 cm³/mol. The van der Waals surface area contributed by atoms with Crippen LogP contribution in [-0.4, -0.2) is 29.3 Å². The Hall–Kier alpha value is -1.33. The number of pyridine rings is 1. The van der Waals surface area contributed by atoms with Gasteiger partial charge in [-0.25, -0.2) is 4.79 Å². The fraction of sp³-hybridized carbons (Fsp3) is 0.600. The van der Waals surface area contributed by atoms with Gasteiger partial charge >= 0.3 is 6.03 Å². The van der Waals surface area contributed by atoms with Crippen LogP contribution in [0, 0.1) is 5.41 Å². The molecule has 6 heteroatoms. The fourth-order valence-electron chi connectivity index (χ4n) is 2.19. The van der Waals surface area contributed by atoms with E-state index < -0.39 is 0 Å². The largest absolute Gasteiger partial charge is 0.396 e. The second-order valence-electron chi connectivity index (χ2n) is 5.18. The molecule has 0 spiro atoms. The van der Waals surface area contributed by atoms with Crippen molar-refractivity contribution in [2.24, 2.45) is 5.41 Å². The molecule has 0 fully saturated rings. The van der Waals surface area contributed by atoms with Crippen LogP contribution in [0.15, 0.2) is 18.3 Å². The molecule has 0 radical (unpaired) electrons. The van der Waals surface area contributed by atoms with E-state index in [1.165, 1.54) is 0 Å². The first-order valence-electron chi connectivity index (χ1n) is 7.28. The van der Waals surface area contributed by atoms with Crippen LogP contribution in [0.1, 0.15) is 38.8 Å². The Morgan fingerprint density at radius 3 is 2.57 bits per heavy atom. The van der Waals surface area contributed by atoms with Crippen molar-refractivity contribution in [3.05, 3.63) is 29.0 Å². The summed E-state index contributed by atoms with van der Waals surface area (Å²) in [6.45, 7) is 5.21. The van der Waals surface area contributed by atoms with Crippen molar-refractivity contribution in [1.29, 1.82) is 0 Å². The topological polar surface area (TPSA) is 74.2 Å². The first kappa shape index (κ1) is 17.7. The number of carbonyl (C=O) groups excluding carboxylic acids is 1. The van der Waals surface area contributed by atoms with Gasteiger partial charge in [-0.3, -0.25) is 4.98 Å². The van der Waals surface area contributed by atoms with Gasteiger partial charge in [-0.1, -0.05) is 25.4 Å². The summed E-state index contributed by atoms with van der Waals surface area (Å²) in [4.78, 5) is 15.9. The monoisotopic (exact) mass is 313 g/mol. The van der Waals surface area contributed by atoms with Gasteiger partial charge in [0.1, 0.15) is 0 Å². The standard InChI is InChI=1S/C15H24ClN3O2/c1-3-15(4-2,7-8-20)11-19-14(21)18-10-13-6-5-12(16)9-17-13/h5-6,9,20H,3-4,7-8,10-11H2,1-2H3,(H2,18,19,21). The van der Waals surface area contributed by atoms with Crippen LogP contribution in [0.2, 0.25) is 5.02 Å². The van der Waals surface area contributed by atoms with E-state index in [-0.39, 0.29) is 18.1 Å². The smallest absolute Gasteiger partial charge is 0.315 e. The number of nitrogens with zero attached hydrogens (tertiary/aromatic N) is 1. The van der Waals surface area contributed by atoms with Crippen LogP contribution in [0.5, 0.6) is 0 Å². The number of rotatable bonds is 8. The minimum absolute atomic E-state index is 0.0371. The maximum absolute atomic E-state index is 11.8. The molecule has 0 aromatic carbocycles. The molecule has 0 atom stereocenters. The number of urea groups is 1. The number of halogens is 1. The normalized spacial score (nSPS) is 11.2. The molecule has 0 aliphatic heterocycles. The third-order valence-electron chi connectivity index (χ3n) is 3.98. The van der Waals surface area contributed by atoms with Gasteiger partial charge < -0.3 is 15.7 Å². The first-order chi connectivity index (χ1) is 10.0. The number of hydrogen-bond acceptors (Lipinski definition) is 3. The molecular weight excluding hydrogens is 290 g/mol. The Balaban J connectivity index is 2.40. The summed E-state index contributed by atoms with van der Waals surface area (Å²) >= 11 is 5.75. The number of aliphatic hydroxyl groups excluding tert-OH is 1. The molecule has 2 amide bonds. The minimum Gasteiger partial charge on any atom is -0.396 e. The molecule has 0 aliphatic rings. The van der Waals surface area contributed by atoms with Crippen LogP contribution >= 0.6 is 11.6 Å². The van der Waals surface area contributed by atoms with Crippen molar-refractivity contribution in [2.75, 3.05) is 13.2 Å². The van der Waals surface area contributed by atoms with Crippen molar-refractivity contribution < 1.29 is 9.90 Å². The van der Waals surface area contributed by atoms with Gasteiger partial charge in [-0.15, -0.1) is 0 Å². The Bertz CT molecular complexity index is 433. The fourth-order valence-corrected chi connectivity index (χ4v) is 2.30. The SMILES string of the molecule is CCC(CC)(CCO)CNC(=O)NCc1ccc(Cl)cn1. The molecular formula is C15H24ClN3O2. The molecule has 0 bridgehead atoms. The quantitative estimate of drug-likeness (QED) is 0.691. The van der Waals surface area contributed by atoms with Gasteiger partial charge in [-0.05, 0) is 36.8 Å². The second-order valence-corrected chi connectivity index (χ2v) is 5.62. The summed E-state index contributed by atoms with van der Waals surface area (Å²) in [5.74, 6) is 0. The molecule has 1 aromatic rings. The molecule has 5 nitrogen and oxygen atoms in total. The van der Waals surface area contributed by atoms with E-state index in [0.717, 1.165) is 18.5 Å². The summed E-state index contributed by atoms with van der Waals surface area (Å²) in [5, 5.41) is 15.4. The number of aliphatic hydroxyl groups is 1. The number of hydrogen-bond donors (Lipinski definition) is 3. The van der Waals surface area contributed by atoms with Crippen molar-refractivity contribution in [3.63, 3.8) is 0 Å². The second kappa shape index (κ2) is 8.85. The third-order valence-corrected chi connectivity index (χ3v) is 4.21. The minimum atomic E-state index is -0.226. The molecule has 21 heavy (non-hydrogen) atoms. The highest BCUT2D eigenvalue weighted by molar-refractivity contribution is 6.30. The molecule has 1 heterocycles. The molecule has 1 rings (SSSR count). The van der Waals surface area contributed by atoms with Crippen LogP contribution in [0.4, 0.5) is 4.79 Å². The van der Waals surface area contributed by atoms with E-state index in [1.54, 1.807) is 18.3 Å². The summed E-state index contributed by atoms with van der Waals surface area (Å²) in [7, 11) is 0. The summed E-state index contributed by atoms with van der Waals surface area (Å²) < 4.78 is 0. The Labute approximate surface area is 131 Å². The maximum atomic E-state index is 11.8. The molecule has 0 aliphatic carbocycles. The lowest BCUT2D eigenvalue weighted by atomic mass is 9.79. The maximum Gasteiger partial charge on any atom is 0.315 e. The molecule has 0 saturated carbocycles. The number of nitrogens with one attached hydrogen (secondary N) is 2. The van der Waals surface area contributed by atoms with Crippen molar-refractivity contribution in [2.45, 2.75) is 39.7 Å². The highest BCUT2D eigenvalue weighted by atomic mass is 35.5. The summed E-state index contributed by atoms with van der Waals surface area (Å²) in [5.41, 5.74) is 0.715. The van der Waals surface area contributed by atoms with Crippen LogP contribution in [0.25, 0.3) is 0 Å². The van der Waals surface area contributed by atoms with Crippen LogP contribution in [0.3, 0.4) is 0 Å². The predicted octanol–water partition coefficient (Wildman–Crippen LogP) is 2.72. The third kappa shape index (κ3) is 5.89. The lowest BCUT2D eigenvalue weighted by Crippen LogP contribution is -2.42. The molecule has 1 aromatic heterocycles. The van der Waals surface area contributed by atoms with Gasteiger partial charge in [0.2, 0.25) is 0 Å². The Kier molecular flexibility index (Phi) is 7.47. The zero-order chi connectivity index (χ0) is 15.7. The number of carbonyl (C=O) groups is 1. The number of amides is 2. The van der Waals surface area contributed by atoms with Crippen molar-refractivity contribution in [3.8, 4) is 0 Å². The van der Waals surface area contributed by atoms with E-state index in [9.17, 15) is 4.79 Å². The van der Waals surface area contributed by atoms with Crippen LogP contribution < -0.4 is 10.6 Å². The molecule has 0 unspecified atom stereocenters. The summed E-state index contributed by atoms with van der Waals surface area (Å²) in [6, 6.07) is 3.29. The molecule has 118 valence electrons. The average molecular weight is 314 g/mol. The zero-order valence-electron chi connectivity index (χ0n) is 12.7. The summed E-state index contributed by atoms with van der Waals surface area (Å²) in [6.07, 6.45) is 4.09. The molecule has 3 N–H and O–H groups in total. The van der Waals surface area contributed by atoms with Gasteiger partial charge in [0.05, 0.1) is 17.3 Å². The Morgan fingerprint density at radius 1 is 1.33 bits per heavy atom. The van der Waals surface area contributed by atoms with E-state index >= 15 is 0 Å². The van der Waals surface area contributed by atoms with Gasteiger partial charge in [0.25, 0.3) is 0 Å². The first-order valence-corrected chi connectivity index (χ1v) is 7.66. The van der Waals surface area contributed by atoms with E-state index in [4.69, 9.17) is 16.7 Å². The lowest BCUT2D eigenvalue weighted by molar-refractivity contribution is 0.163. The molecule has 0 saturated heterocycles. The van der Waals surface area contributed by atoms with E-state index in [1.807, 2.05) is 0 Å². The zero-order valence-corrected chi connectivity index (χ0v) is 13.4. The van der Waals surface area contributed by atoms with Gasteiger partial charge in [-0.2, -0.15) is 0 Å². The van der Waals surface area contributed by atoms with E-state index in [0.29, 0.717) is 24.5 Å². The number of aromatic nitrogens is 1. The Morgan fingerprint density at radius 2 is 2.05 bits per heavy atom. The van der Waals surface area contributed by atoms with Gasteiger partial charge in [0.15, 0.2) is 0 Å². The van der Waals surface area contributed by atoms with Gasteiger partial charge in [0, 0.05) is 19.3 Å². The van der Waals surface area contributed by atoms with E-state index in [2.05, 4.69) is 29.5 Å². The van der Waals surface area contributed by atoms with Crippen LogP contribution in [-0.2, 0) is 6.54 Å². The highest BCUT2D eigenvalue weighted by Crippen LogP contribution is 2.29.